The molecule has 0 fully saturated rings. The van der Waals surface area contributed by atoms with E-state index in [1.165, 1.54) is 0 Å². The van der Waals surface area contributed by atoms with Crippen LogP contribution in [-0.2, 0) is 0 Å². The maximum absolute atomic E-state index is 4.16. The zero-order chi connectivity index (χ0) is 5.40. The van der Waals surface area contributed by atoms with Crippen molar-refractivity contribution in [1.82, 2.24) is 3.11 Å². The molecule has 0 spiro atoms. The van der Waals surface area contributed by atoms with Crippen LogP contribution in [0, 0.1) is 0 Å². The summed E-state index contributed by atoms with van der Waals surface area (Å²) in [5.74, 6) is 0. The fourth-order valence-corrected chi connectivity index (χ4v) is 3.49. The molecule has 2 rings (SSSR count). The van der Waals surface area contributed by atoms with Crippen LogP contribution in [0.3, 0.4) is 0 Å². The number of thioether (sulfide) groups is 1. The number of nitrogens with zero attached hydrogens (tertiary/aromatic N) is 2. The molecule has 42 valence electrons. The number of halogens is 1. The molecule has 0 aliphatic carbocycles. The second kappa shape index (κ2) is 1.84. The van der Waals surface area contributed by atoms with Crippen molar-refractivity contribution < 1.29 is 0 Å². The number of fused-ring (bicyclic) bond motifs is 1. The van der Waals surface area contributed by atoms with Crippen LogP contribution < -0.4 is 0 Å². The van der Waals surface area contributed by atoms with Crippen LogP contribution >= 0.6 is 32.8 Å². The van der Waals surface area contributed by atoms with E-state index >= 15 is 0 Å². The first kappa shape index (κ1) is 4.99. The molecule has 0 atom stereocenters. The van der Waals surface area contributed by atoms with Gasteiger partial charge in [0, 0.05) is 27.2 Å². The fourth-order valence-electron chi connectivity index (χ4n) is 0.529. The van der Waals surface area contributed by atoms with Crippen LogP contribution in [0.5, 0.6) is 0 Å². The Balaban J connectivity index is 2.39. The van der Waals surface area contributed by atoms with E-state index in [9.17, 15) is 0 Å². The molecule has 2 nitrogen and oxygen atoms in total. The van der Waals surface area contributed by atoms with Gasteiger partial charge in [-0.25, -0.2) is 4.99 Å². The zero-order valence-corrected chi connectivity index (χ0v) is 6.89. The Bertz CT molecular complexity index is 196. The van der Waals surface area contributed by atoms with Crippen LogP contribution in [0.4, 0.5) is 0 Å². The zero-order valence-electron chi connectivity index (χ0n) is 3.91. The Morgan fingerprint density at radius 1 is 1.75 bits per heavy atom. The van der Waals surface area contributed by atoms with Gasteiger partial charge >= 0.3 is 0 Å². The van der Waals surface area contributed by atoms with E-state index in [4.69, 9.17) is 0 Å². The normalized spacial score (nSPS) is 23.0. The molecule has 0 aromatic rings. The highest BCUT2D eigenvalue weighted by Crippen LogP contribution is 2.28. The van der Waals surface area contributed by atoms with E-state index in [1.54, 1.807) is 11.8 Å². The Morgan fingerprint density at radius 2 is 2.75 bits per heavy atom. The van der Waals surface area contributed by atoms with Gasteiger partial charge in [-0.1, -0.05) is 11.8 Å². The van der Waals surface area contributed by atoms with Crippen molar-refractivity contribution in [2.75, 3.05) is 0 Å². The predicted octanol–water partition coefficient (Wildman–Crippen LogP) is 1.52. The molecule has 0 aromatic heterocycles. The molecule has 8 heavy (non-hydrogen) atoms. The van der Waals surface area contributed by atoms with E-state index in [0.717, 1.165) is 5.17 Å². The van der Waals surface area contributed by atoms with Crippen LogP contribution in [0.2, 0.25) is 0 Å². The Morgan fingerprint density at radius 3 is 3.62 bits per heavy atom. The van der Waals surface area contributed by atoms with Gasteiger partial charge in [-0.05, 0) is 5.41 Å². The SMILES string of the molecule is C1=CN2I=CN=C2S1. The number of hydrogen-bond donors (Lipinski definition) is 0. The third-order valence-electron chi connectivity index (χ3n) is 0.856. The highest BCUT2D eigenvalue weighted by Gasteiger charge is 2.14. The number of aliphatic imine (C=N–C) groups is 1. The molecule has 0 aromatic carbocycles. The van der Waals surface area contributed by atoms with Gasteiger partial charge in [0.15, 0.2) is 5.17 Å². The topological polar surface area (TPSA) is 15.6 Å². The van der Waals surface area contributed by atoms with Gasteiger partial charge in [0.2, 0.25) is 0 Å². The highest BCUT2D eigenvalue weighted by molar-refractivity contribution is 14.2. The van der Waals surface area contributed by atoms with Gasteiger partial charge in [-0.2, -0.15) is 0 Å². The number of amidine groups is 1. The summed E-state index contributed by atoms with van der Waals surface area (Å²) in [5.41, 5.74) is 0. The van der Waals surface area contributed by atoms with Crippen LogP contribution in [0.15, 0.2) is 16.6 Å². The third kappa shape index (κ3) is 0.628. The summed E-state index contributed by atoms with van der Waals surface area (Å²) in [7, 11) is 0. The van der Waals surface area contributed by atoms with E-state index in [1.807, 2.05) is 4.14 Å². The smallest absolute Gasteiger partial charge is 0.181 e. The standard InChI is InChI=1S/C4H3IN2S/c1-2-8-4-6-3-5-7(1)4/h1-3H. The lowest BCUT2D eigenvalue weighted by atomic mass is 11.0. The monoisotopic (exact) mass is 238 g/mol. The first-order valence-electron chi connectivity index (χ1n) is 2.12. The number of rotatable bonds is 0. The molecule has 4 heteroatoms. The van der Waals surface area contributed by atoms with Crippen molar-refractivity contribution in [3.05, 3.63) is 11.6 Å². The average molecular weight is 238 g/mol. The van der Waals surface area contributed by atoms with Crippen molar-refractivity contribution in [3.8, 4) is 0 Å². The van der Waals surface area contributed by atoms with E-state index in [0.29, 0.717) is 0 Å². The summed E-state index contributed by atoms with van der Waals surface area (Å²) in [4.78, 5) is 4.16. The maximum atomic E-state index is 4.16. The molecule has 0 saturated carbocycles. The minimum atomic E-state index is 0.0955. The van der Waals surface area contributed by atoms with E-state index in [2.05, 4.69) is 19.7 Å². The molecular weight excluding hydrogens is 235 g/mol. The minimum absolute atomic E-state index is 0.0955. The Labute approximate surface area is 61.8 Å². The van der Waals surface area contributed by atoms with Gasteiger partial charge < -0.3 is 0 Å². The van der Waals surface area contributed by atoms with Gasteiger partial charge in [-0.3, -0.25) is 3.11 Å². The molecule has 0 amide bonds. The van der Waals surface area contributed by atoms with Gasteiger partial charge in [0.1, 0.15) is 0 Å². The lowest BCUT2D eigenvalue weighted by Crippen LogP contribution is -2.01. The molecule has 2 heterocycles. The van der Waals surface area contributed by atoms with Crippen LogP contribution in [-0.4, -0.2) is 12.4 Å². The minimum Gasteiger partial charge on any atom is -0.272 e. The Kier molecular flexibility index (Phi) is 1.15. The van der Waals surface area contributed by atoms with E-state index in [-0.39, 0.29) is 21.0 Å². The van der Waals surface area contributed by atoms with Crippen molar-refractivity contribution in [2.45, 2.75) is 0 Å². The summed E-state index contributed by atoms with van der Waals surface area (Å²) < 4.78 is 4.26. The van der Waals surface area contributed by atoms with Crippen LogP contribution in [0.25, 0.3) is 0 Å². The molecule has 2 aliphatic rings. The highest BCUT2D eigenvalue weighted by atomic mass is 127. The first-order chi connectivity index (χ1) is 3.97. The largest absolute Gasteiger partial charge is 0.272 e. The molecule has 0 saturated heterocycles. The summed E-state index contributed by atoms with van der Waals surface area (Å²) >= 11 is 1.80. The second-order valence-electron chi connectivity index (χ2n) is 1.32. The molecular formula is C4H3IN2S. The average Bonchev–Trinajstić information content (AvgIpc) is 2.15. The van der Waals surface area contributed by atoms with Gasteiger partial charge in [-0.15, -0.1) is 0 Å². The Hall–Kier alpha value is 0.160. The lowest BCUT2D eigenvalue weighted by Gasteiger charge is -1.99. The van der Waals surface area contributed by atoms with Gasteiger partial charge in [0.25, 0.3) is 0 Å². The van der Waals surface area contributed by atoms with Gasteiger partial charge in [0.05, 0.1) is 4.14 Å². The predicted molar refractivity (Wildman–Crippen MR) is 46.1 cm³/mol. The summed E-state index contributed by atoms with van der Waals surface area (Å²) in [6.45, 7) is 0. The van der Waals surface area contributed by atoms with E-state index < -0.39 is 0 Å². The first-order valence-corrected chi connectivity index (χ1v) is 5.21. The lowest BCUT2D eigenvalue weighted by molar-refractivity contribution is 1.04. The second-order valence-corrected chi connectivity index (χ2v) is 4.35. The summed E-state index contributed by atoms with van der Waals surface area (Å²) in [6.07, 6.45) is 2.10. The van der Waals surface area contributed by atoms with Crippen molar-refractivity contribution in [3.63, 3.8) is 0 Å². The van der Waals surface area contributed by atoms with Crippen molar-refractivity contribution >= 4 is 42.1 Å². The van der Waals surface area contributed by atoms with Crippen molar-refractivity contribution in [1.29, 1.82) is 0 Å². The van der Waals surface area contributed by atoms with Crippen LogP contribution in [0.1, 0.15) is 0 Å². The maximum Gasteiger partial charge on any atom is 0.181 e. The molecule has 0 N–H and O–H groups in total. The number of hydrogen-bond acceptors (Lipinski definition) is 3. The third-order valence-corrected chi connectivity index (χ3v) is 3.86. The van der Waals surface area contributed by atoms with Crippen molar-refractivity contribution in [2.24, 2.45) is 4.99 Å². The molecule has 2 aliphatic heterocycles. The molecule has 0 radical (unpaired) electrons. The fraction of sp³-hybridized carbons (Fsp3) is 0. The molecule has 0 bridgehead atoms. The molecule has 0 unspecified atom stereocenters. The quantitative estimate of drug-likeness (QED) is 0.469. The summed E-state index contributed by atoms with van der Waals surface area (Å²) in [6, 6.07) is 0. The summed E-state index contributed by atoms with van der Waals surface area (Å²) in [5, 5.41) is 3.24.